The van der Waals surface area contributed by atoms with Crippen molar-refractivity contribution in [3.63, 3.8) is 0 Å². The Kier molecular flexibility index (Phi) is 6.31. The number of carbonyl (C=O) groups is 1. The van der Waals surface area contributed by atoms with Gasteiger partial charge in [0.2, 0.25) is 0 Å². The van der Waals surface area contributed by atoms with E-state index in [1.54, 1.807) is 18.2 Å². The van der Waals surface area contributed by atoms with Gasteiger partial charge >= 0.3 is 5.69 Å². The van der Waals surface area contributed by atoms with Crippen LogP contribution in [0.1, 0.15) is 5.56 Å². The van der Waals surface area contributed by atoms with Crippen molar-refractivity contribution in [2.45, 2.75) is 0 Å². The highest BCUT2D eigenvalue weighted by atomic mass is 79.9. The van der Waals surface area contributed by atoms with Crippen LogP contribution in [0, 0.1) is 10.1 Å². The van der Waals surface area contributed by atoms with Gasteiger partial charge in [-0.25, -0.2) is 5.43 Å². The number of ether oxygens (including phenoxy) is 1. The molecule has 2 aromatic carbocycles. The van der Waals surface area contributed by atoms with Crippen LogP contribution in [-0.2, 0) is 4.79 Å². The molecule has 0 spiro atoms. The third-order valence-electron chi connectivity index (χ3n) is 2.85. The van der Waals surface area contributed by atoms with Gasteiger partial charge in [-0.2, -0.15) is 5.10 Å². The quantitative estimate of drug-likeness (QED) is 0.416. The number of hydrazone groups is 1. The summed E-state index contributed by atoms with van der Waals surface area (Å²) in [6.45, 7) is -0.275. The number of phenolic OH excluding ortho intramolecular Hbond substituents is 1. The topological polar surface area (TPSA) is 114 Å². The zero-order valence-corrected chi connectivity index (χ0v) is 14.8. The Hall–Kier alpha value is -2.65. The van der Waals surface area contributed by atoms with E-state index in [9.17, 15) is 20.0 Å². The molecule has 0 fully saturated rings. The van der Waals surface area contributed by atoms with Gasteiger partial charge in [0.05, 0.1) is 15.6 Å². The van der Waals surface area contributed by atoms with E-state index in [-0.39, 0.29) is 6.61 Å². The fraction of sp³-hybridized carbons (Fsp3) is 0.0667. The highest BCUT2D eigenvalue weighted by molar-refractivity contribution is 9.10. The molecule has 0 atom stereocenters. The molecule has 0 aliphatic carbocycles. The zero-order valence-electron chi connectivity index (χ0n) is 12.5. The second-order valence-electron chi connectivity index (χ2n) is 4.66. The summed E-state index contributed by atoms with van der Waals surface area (Å²) >= 11 is 9.07. The standard InChI is InChI=1S/C15H11BrClN3O5/c16-11-6-10(17)2-4-14(11)25-8-15(22)19-18-7-9-1-3-12(20(23)24)13(21)5-9/h1-7,21H,8H2,(H,19,22)/b18-7-. The van der Waals surface area contributed by atoms with Gasteiger partial charge in [0.15, 0.2) is 12.4 Å². The van der Waals surface area contributed by atoms with Gasteiger partial charge < -0.3 is 9.84 Å². The van der Waals surface area contributed by atoms with Crippen LogP contribution in [0.4, 0.5) is 5.69 Å². The molecule has 0 heterocycles. The molecule has 2 rings (SSSR count). The minimum absolute atomic E-state index is 0.275. The lowest BCUT2D eigenvalue weighted by Gasteiger charge is -2.07. The summed E-state index contributed by atoms with van der Waals surface area (Å²) in [6.07, 6.45) is 1.24. The van der Waals surface area contributed by atoms with Gasteiger partial charge in [0, 0.05) is 11.1 Å². The molecule has 2 aromatic rings. The van der Waals surface area contributed by atoms with Gasteiger partial charge in [-0.1, -0.05) is 11.6 Å². The third-order valence-corrected chi connectivity index (χ3v) is 3.71. The minimum Gasteiger partial charge on any atom is -0.502 e. The lowest BCUT2D eigenvalue weighted by atomic mass is 10.2. The third kappa shape index (κ3) is 5.44. The van der Waals surface area contributed by atoms with Crippen LogP contribution in [0.5, 0.6) is 11.5 Å². The summed E-state index contributed by atoms with van der Waals surface area (Å²) in [4.78, 5) is 21.6. The molecule has 0 aromatic heterocycles. The predicted octanol–water partition coefficient (Wildman–Crippen LogP) is 3.25. The van der Waals surface area contributed by atoms with Crippen molar-refractivity contribution in [3.8, 4) is 11.5 Å². The molecular formula is C15H11BrClN3O5. The molecular weight excluding hydrogens is 418 g/mol. The molecule has 0 radical (unpaired) electrons. The Balaban J connectivity index is 1.88. The summed E-state index contributed by atoms with van der Waals surface area (Å²) in [7, 11) is 0. The maximum absolute atomic E-state index is 11.7. The summed E-state index contributed by atoms with van der Waals surface area (Å²) < 4.78 is 5.92. The molecule has 2 N–H and O–H groups in total. The van der Waals surface area contributed by atoms with Crippen molar-refractivity contribution in [1.29, 1.82) is 0 Å². The van der Waals surface area contributed by atoms with Gasteiger partial charge in [-0.15, -0.1) is 0 Å². The molecule has 130 valence electrons. The number of rotatable bonds is 6. The second-order valence-corrected chi connectivity index (χ2v) is 5.95. The number of hydrogen-bond acceptors (Lipinski definition) is 6. The summed E-state index contributed by atoms with van der Waals surface area (Å²) in [6, 6.07) is 8.55. The van der Waals surface area contributed by atoms with Crippen molar-refractivity contribution < 1.29 is 19.6 Å². The number of nitro groups is 1. The SMILES string of the molecule is O=C(COc1ccc(Cl)cc1Br)N/N=C\c1ccc([N+](=O)[O-])c(O)c1. The van der Waals surface area contributed by atoms with Crippen LogP contribution in [0.15, 0.2) is 46.0 Å². The molecule has 1 amide bonds. The minimum atomic E-state index is -0.704. The van der Waals surface area contributed by atoms with Crippen molar-refractivity contribution in [2.24, 2.45) is 5.10 Å². The molecule has 0 aliphatic rings. The molecule has 0 saturated heterocycles. The lowest BCUT2D eigenvalue weighted by molar-refractivity contribution is -0.385. The monoisotopic (exact) mass is 427 g/mol. The Bertz CT molecular complexity index is 844. The molecule has 0 saturated carbocycles. The Morgan fingerprint density at radius 2 is 2.16 bits per heavy atom. The number of benzene rings is 2. The molecule has 25 heavy (non-hydrogen) atoms. The average Bonchev–Trinajstić information content (AvgIpc) is 2.53. The van der Waals surface area contributed by atoms with Gasteiger partial charge in [0.25, 0.3) is 5.91 Å². The van der Waals surface area contributed by atoms with Crippen LogP contribution in [0.3, 0.4) is 0 Å². The maximum atomic E-state index is 11.7. The van der Waals surface area contributed by atoms with Crippen molar-refractivity contribution >= 4 is 45.3 Å². The Morgan fingerprint density at radius 1 is 1.40 bits per heavy atom. The van der Waals surface area contributed by atoms with Gasteiger partial charge in [-0.05, 0) is 51.8 Å². The van der Waals surface area contributed by atoms with Crippen LogP contribution >= 0.6 is 27.5 Å². The Morgan fingerprint density at radius 3 is 2.80 bits per heavy atom. The highest BCUT2D eigenvalue weighted by Gasteiger charge is 2.12. The summed E-state index contributed by atoms with van der Waals surface area (Å²) in [5, 5.41) is 24.3. The van der Waals surface area contributed by atoms with E-state index >= 15 is 0 Å². The first kappa shape index (κ1) is 18.7. The number of aromatic hydroxyl groups is 1. The molecule has 0 aliphatic heterocycles. The van der Waals surface area contributed by atoms with E-state index in [0.29, 0.717) is 20.8 Å². The largest absolute Gasteiger partial charge is 0.502 e. The zero-order chi connectivity index (χ0) is 18.4. The van der Waals surface area contributed by atoms with E-state index in [0.717, 1.165) is 12.1 Å². The first-order valence-electron chi connectivity index (χ1n) is 6.74. The summed E-state index contributed by atoms with van der Waals surface area (Å²) in [5.74, 6) is -0.552. The number of nitrogens with one attached hydrogen (secondary N) is 1. The number of amides is 1. The smallest absolute Gasteiger partial charge is 0.310 e. The van der Waals surface area contributed by atoms with Crippen molar-refractivity contribution in [2.75, 3.05) is 6.61 Å². The fourth-order valence-electron chi connectivity index (χ4n) is 1.72. The van der Waals surface area contributed by atoms with E-state index in [1.165, 1.54) is 12.3 Å². The first-order chi connectivity index (χ1) is 11.9. The van der Waals surface area contributed by atoms with Crippen LogP contribution in [0.25, 0.3) is 0 Å². The average molecular weight is 429 g/mol. The lowest BCUT2D eigenvalue weighted by Crippen LogP contribution is -2.24. The van der Waals surface area contributed by atoms with Crippen LogP contribution < -0.4 is 10.2 Å². The predicted molar refractivity (Wildman–Crippen MR) is 95.1 cm³/mol. The fourth-order valence-corrected chi connectivity index (χ4v) is 2.52. The Labute approximate surface area is 155 Å². The van der Waals surface area contributed by atoms with Gasteiger partial charge in [-0.3, -0.25) is 14.9 Å². The number of carbonyl (C=O) groups excluding carboxylic acids is 1. The number of phenols is 1. The maximum Gasteiger partial charge on any atom is 0.310 e. The number of hydrogen-bond donors (Lipinski definition) is 2. The van der Waals surface area contributed by atoms with E-state index in [4.69, 9.17) is 16.3 Å². The van der Waals surface area contributed by atoms with Crippen molar-refractivity contribution in [3.05, 3.63) is 61.6 Å². The van der Waals surface area contributed by atoms with Gasteiger partial charge in [0.1, 0.15) is 5.75 Å². The number of nitrogens with zero attached hydrogens (tertiary/aromatic N) is 2. The normalized spacial score (nSPS) is 10.6. The van der Waals surface area contributed by atoms with Crippen LogP contribution in [-0.4, -0.2) is 28.8 Å². The van der Waals surface area contributed by atoms with Crippen molar-refractivity contribution in [1.82, 2.24) is 5.43 Å². The molecule has 10 heteroatoms. The second kappa shape index (κ2) is 8.45. The summed E-state index contributed by atoms with van der Waals surface area (Å²) in [5.41, 5.74) is 2.20. The first-order valence-corrected chi connectivity index (χ1v) is 7.91. The van der Waals surface area contributed by atoms with Crippen LogP contribution in [0.2, 0.25) is 5.02 Å². The number of nitro benzene ring substituents is 1. The molecule has 0 unspecified atom stereocenters. The molecule has 0 bridgehead atoms. The van der Waals surface area contributed by atoms with E-state index in [1.807, 2.05) is 0 Å². The molecule has 8 nitrogen and oxygen atoms in total. The number of halogens is 2. The highest BCUT2D eigenvalue weighted by Crippen LogP contribution is 2.28. The van der Waals surface area contributed by atoms with E-state index in [2.05, 4.69) is 26.5 Å². The van der Waals surface area contributed by atoms with E-state index < -0.39 is 22.3 Å².